The summed E-state index contributed by atoms with van der Waals surface area (Å²) in [6.07, 6.45) is 9.33. The largest absolute Gasteiger partial charge is 0.480 e. The third-order valence-corrected chi connectivity index (χ3v) is 4.17. The number of carbonyl (C=O) groups is 1. The van der Waals surface area contributed by atoms with Crippen LogP contribution in [0.1, 0.15) is 72.1 Å². The Morgan fingerprint density at radius 3 is 2.38 bits per heavy atom. The van der Waals surface area contributed by atoms with Crippen LogP contribution >= 0.6 is 0 Å². The molecule has 1 rings (SSSR count). The van der Waals surface area contributed by atoms with Crippen LogP contribution in [0.2, 0.25) is 0 Å². The molecule has 0 aliphatic heterocycles. The molecule has 1 atom stereocenters. The molecule has 1 saturated carbocycles. The molecule has 21 heavy (non-hydrogen) atoms. The zero-order chi connectivity index (χ0) is 15.7. The van der Waals surface area contributed by atoms with E-state index in [9.17, 15) is 9.90 Å². The maximum Gasteiger partial charge on any atom is 0.326 e. The number of rotatable bonds is 13. The Hall–Kier alpha value is -0.610. The van der Waals surface area contributed by atoms with E-state index in [0.29, 0.717) is 13.2 Å². The Morgan fingerprint density at radius 1 is 1.24 bits per heavy atom. The Morgan fingerprint density at radius 2 is 1.86 bits per heavy atom. The standard InChI is InChI=1S/C17H33NO3/c1-4-5-6-7-8-9-12-21-13-17(16(19)20,15-10-11-15)18-14(2)3/h14-15,18H,4-13H2,1-3H3,(H,19,20). The molecule has 4 heteroatoms. The summed E-state index contributed by atoms with van der Waals surface area (Å²) in [5, 5.41) is 12.9. The summed E-state index contributed by atoms with van der Waals surface area (Å²) in [6.45, 7) is 7.17. The van der Waals surface area contributed by atoms with Gasteiger partial charge in [-0.25, -0.2) is 0 Å². The molecule has 2 N–H and O–H groups in total. The molecule has 1 aliphatic rings. The number of unbranched alkanes of at least 4 members (excludes halogenated alkanes) is 5. The smallest absolute Gasteiger partial charge is 0.326 e. The minimum atomic E-state index is -0.879. The SMILES string of the molecule is CCCCCCCCOCC(NC(C)C)(C(=O)O)C1CC1. The lowest BCUT2D eigenvalue weighted by Gasteiger charge is -2.32. The molecule has 0 saturated heterocycles. The normalized spacial score (nSPS) is 17.9. The predicted octanol–water partition coefficient (Wildman–Crippen LogP) is 3.59. The molecule has 0 aromatic heterocycles. The summed E-state index contributed by atoms with van der Waals surface area (Å²) in [4.78, 5) is 11.7. The lowest BCUT2D eigenvalue weighted by molar-refractivity contribution is -0.149. The molecule has 0 bridgehead atoms. The van der Waals surface area contributed by atoms with Crippen LogP contribution in [0.3, 0.4) is 0 Å². The third kappa shape index (κ3) is 6.35. The zero-order valence-corrected chi connectivity index (χ0v) is 14.0. The fourth-order valence-electron chi connectivity index (χ4n) is 2.88. The molecular weight excluding hydrogens is 266 g/mol. The fourth-order valence-corrected chi connectivity index (χ4v) is 2.88. The number of aliphatic carboxylic acids is 1. The van der Waals surface area contributed by atoms with Crippen molar-refractivity contribution in [2.75, 3.05) is 13.2 Å². The number of carboxylic acids is 1. The van der Waals surface area contributed by atoms with E-state index in [4.69, 9.17) is 4.74 Å². The van der Waals surface area contributed by atoms with E-state index < -0.39 is 11.5 Å². The minimum Gasteiger partial charge on any atom is -0.480 e. The quantitative estimate of drug-likeness (QED) is 0.510. The number of ether oxygens (including phenoxy) is 1. The first kappa shape index (κ1) is 18.4. The van der Waals surface area contributed by atoms with E-state index >= 15 is 0 Å². The van der Waals surface area contributed by atoms with Crippen LogP contribution in [-0.4, -0.2) is 35.9 Å². The van der Waals surface area contributed by atoms with E-state index in [2.05, 4.69) is 12.2 Å². The third-order valence-electron chi connectivity index (χ3n) is 4.17. The first-order valence-corrected chi connectivity index (χ1v) is 8.61. The van der Waals surface area contributed by atoms with Crippen molar-refractivity contribution in [3.05, 3.63) is 0 Å². The highest BCUT2D eigenvalue weighted by molar-refractivity contribution is 5.80. The Labute approximate surface area is 129 Å². The molecule has 124 valence electrons. The fraction of sp³-hybridized carbons (Fsp3) is 0.941. The van der Waals surface area contributed by atoms with Crippen molar-refractivity contribution >= 4 is 5.97 Å². The van der Waals surface area contributed by atoms with Gasteiger partial charge in [0, 0.05) is 12.6 Å². The van der Waals surface area contributed by atoms with Crippen molar-refractivity contribution < 1.29 is 14.6 Å². The highest BCUT2D eigenvalue weighted by Crippen LogP contribution is 2.40. The van der Waals surface area contributed by atoms with Gasteiger partial charge in [-0.15, -0.1) is 0 Å². The maximum absolute atomic E-state index is 11.7. The molecule has 1 aliphatic carbocycles. The lowest BCUT2D eigenvalue weighted by atomic mass is 9.93. The van der Waals surface area contributed by atoms with E-state index in [1.54, 1.807) is 0 Å². The first-order chi connectivity index (χ1) is 10.0. The molecule has 4 nitrogen and oxygen atoms in total. The average Bonchev–Trinajstić information content (AvgIpc) is 3.24. The lowest BCUT2D eigenvalue weighted by Crippen LogP contribution is -2.59. The van der Waals surface area contributed by atoms with Crippen LogP contribution in [0.4, 0.5) is 0 Å². The molecule has 0 aromatic carbocycles. The summed E-state index contributed by atoms with van der Waals surface area (Å²) < 4.78 is 5.73. The monoisotopic (exact) mass is 299 g/mol. The van der Waals surface area contributed by atoms with E-state index in [1.165, 1.54) is 32.1 Å². The second-order valence-electron chi connectivity index (χ2n) is 6.67. The van der Waals surface area contributed by atoms with Crippen molar-refractivity contribution in [2.45, 2.75) is 83.7 Å². The topological polar surface area (TPSA) is 58.6 Å². The molecule has 0 radical (unpaired) electrons. The molecule has 1 unspecified atom stereocenters. The average molecular weight is 299 g/mol. The van der Waals surface area contributed by atoms with Gasteiger partial charge in [-0.05, 0) is 39.0 Å². The number of hydrogen-bond acceptors (Lipinski definition) is 3. The summed E-state index contributed by atoms with van der Waals surface area (Å²) in [5.74, 6) is -0.538. The zero-order valence-electron chi connectivity index (χ0n) is 14.0. The van der Waals surface area contributed by atoms with Gasteiger partial charge in [0.1, 0.15) is 5.54 Å². The minimum absolute atomic E-state index is 0.152. The first-order valence-electron chi connectivity index (χ1n) is 8.61. The molecular formula is C17H33NO3. The highest BCUT2D eigenvalue weighted by atomic mass is 16.5. The summed E-state index contributed by atoms with van der Waals surface area (Å²) in [5.41, 5.74) is -0.879. The number of nitrogens with one attached hydrogen (secondary N) is 1. The van der Waals surface area contributed by atoms with Gasteiger partial charge in [0.15, 0.2) is 0 Å². The summed E-state index contributed by atoms with van der Waals surface area (Å²) >= 11 is 0. The van der Waals surface area contributed by atoms with Gasteiger partial charge in [0.25, 0.3) is 0 Å². The second-order valence-corrected chi connectivity index (χ2v) is 6.67. The van der Waals surface area contributed by atoms with E-state index in [0.717, 1.165) is 19.3 Å². The Bertz CT molecular complexity index is 302. The summed E-state index contributed by atoms with van der Waals surface area (Å²) in [7, 11) is 0. The van der Waals surface area contributed by atoms with Crippen LogP contribution in [0, 0.1) is 5.92 Å². The van der Waals surface area contributed by atoms with Crippen molar-refractivity contribution in [3.63, 3.8) is 0 Å². The summed E-state index contributed by atoms with van der Waals surface area (Å²) in [6, 6.07) is 0.152. The molecule has 0 spiro atoms. The van der Waals surface area contributed by atoms with Crippen molar-refractivity contribution in [1.29, 1.82) is 0 Å². The van der Waals surface area contributed by atoms with Gasteiger partial charge in [-0.3, -0.25) is 10.1 Å². The van der Waals surface area contributed by atoms with Crippen LogP contribution < -0.4 is 5.32 Å². The molecule has 0 heterocycles. The van der Waals surface area contributed by atoms with Crippen LogP contribution in [0.15, 0.2) is 0 Å². The Kier molecular flexibility index (Phi) is 8.27. The van der Waals surface area contributed by atoms with Gasteiger partial charge in [0.05, 0.1) is 6.61 Å². The van der Waals surface area contributed by atoms with Gasteiger partial charge in [-0.1, -0.05) is 39.0 Å². The highest BCUT2D eigenvalue weighted by Gasteiger charge is 2.51. The number of carboxylic acid groups (broad SMARTS) is 1. The second kappa shape index (κ2) is 9.42. The van der Waals surface area contributed by atoms with Crippen LogP contribution in [0.25, 0.3) is 0 Å². The molecule has 0 amide bonds. The van der Waals surface area contributed by atoms with Gasteiger partial charge >= 0.3 is 5.97 Å². The van der Waals surface area contributed by atoms with E-state index in [-0.39, 0.29) is 12.0 Å². The van der Waals surface area contributed by atoms with E-state index in [1.807, 2.05) is 13.8 Å². The van der Waals surface area contributed by atoms with Gasteiger partial charge < -0.3 is 9.84 Å². The van der Waals surface area contributed by atoms with Gasteiger partial charge in [0.2, 0.25) is 0 Å². The molecule has 1 fully saturated rings. The maximum atomic E-state index is 11.7. The van der Waals surface area contributed by atoms with Crippen molar-refractivity contribution in [1.82, 2.24) is 5.32 Å². The van der Waals surface area contributed by atoms with Crippen molar-refractivity contribution in [3.8, 4) is 0 Å². The van der Waals surface area contributed by atoms with Crippen molar-refractivity contribution in [2.24, 2.45) is 5.92 Å². The van der Waals surface area contributed by atoms with Gasteiger partial charge in [-0.2, -0.15) is 0 Å². The van der Waals surface area contributed by atoms with Crippen LogP contribution in [0.5, 0.6) is 0 Å². The molecule has 0 aromatic rings. The van der Waals surface area contributed by atoms with Crippen LogP contribution in [-0.2, 0) is 9.53 Å². The Balaban J connectivity index is 2.28. The number of hydrogen-bond donors (Lipinski definition) is 2. The predicted molar refractivity (Wildman–Crippen MR) is 85.6 cm³/mol.